The van der Waals surface area contributed by atoms with Gasteiger partial charge < -0.3 is 4.90 Å². The Morgan fingerprint density at radius 3 is 2.52 bits per heavy atom. The van der Waals surface area contributed by atoms with Gasteiger partial charge in [-0.05, 0) is 43.7 Å². The molecule has 5 nitrogen and oxygen atoms in total. The fourth-order valence-corrected chi connectivity index (χ4v) is 4.03. The minimum Gasteiger partial charge on any atom is -0.366 e. The van der Waals surface area contributed by atoms with E-state index in [1.54, 1.807) is 6.20 Å². The van der Waals surface area contributed by atoms with Gasteiger partial charge in [0.1, 0.15) is 0 Å². The molecule has 0 amide bonds. The summed E-state index contributed by atoms with van der Waals surface area (Å²) >= 11 is 6.11. The molecule has 1 saturated heterocycles. The average Bonchev–Trinajstić information content (AvgIpc) is 2.98. The molecule has 4 rings (SSSR count). The third-order valence-electron chi connectivity index (χ3n) is 5.10. The van der Waals surface area contributed by atoms with Crippen molar-refractivity contribution in [3.63, 3.8) is 0 Å². The van der Waals surface area contributed by atoms with Gasteiger partial charge in [-0.1, -0.05) is 29.8 Å². The highest BCUT2D eigenvalue weighted by molar-refractivity contribution is 6.30. The molecule has 0 atom stereocenters. The third kappa shape index (κ3) is 3.84. The first-order chi connectivity index (χ1) is 13.1. The largest absolute Gasteiger partial charge is 0.366 e. The van der Waals surface area contributed by atoms with Gasteiger partial charge in [-0.15, -0.1) is 0 Å². The Morgan fingerprint density at radius 2 is 1.81 bits per heavy atom. The van der Waals surface area contributed by atoms with E-state index in [4.69, 9.17) is 16.7 Å². The van der Waals surface area contributed by atoms with Crippen molar-refractivity contribution in [2.24, 2.45) is 0 Å². The van der Waals surface area contributed by atoms with E-state index in [9.17, 15) is 0 Å². The number of benzene rings is 1. The maximum absolute atomic E-state index is 6.11. The summed E-state index contributed by atoms with van der Waals surface area (Å²) in [6, 6.07) is 14.1. The first-order valence-electron chi connectivity index (χ1n) is 9.31. The highest BCUT2D eigenvalue weighted by atomic mass is 35.5. The van der Waals surface area contributed by atoms with E-state index in [2.05, 4.69) is 40.8 Å². The van der Waals surface area contributed by atoms with Crippen LogP contribution in [0.5, 0.6) is 0 Å². The number of aromatic nitrogens is 3. The van der Waals surface area contributed by atoms with Crippen molar-refractivity contribution < 1.29 is 0 Å². The molecule has 0 spiro atoms. The minimum absolute atomic E-state index is 0.805. The standard InChI is InChI=1S/C21H24ClN5/c1-16-21(17(2)27(24-16)20-8-3-4-9-23-20)26-12-10-25(11-13-26)15-18-6-5-7-19(22)14-18/h3-9,14H,10-13,15H2,1-2H3. The lowest BCUT2D eigenvalue weighted by atomic mass is 10.2. The van der Waals surface area contributed by atoms with Crippen LogP contribution in [-0.2, 0) is 6.54 Å². The van der Waals surface area contributed by atoms with Crippen molar-refractivity contribution >= 4 is 17.3 Å². The van der Waals surface area contributed by atoms with Crippen LogP contribution in [0.1, 0.15) is 17.0 Å². The van der Waals surface area contributed by atoms with Gasteiger partial charge in [0, 0.05) is 43.9 Å². The van der Waals surface area contributed by atoms with Crippen molar-refractivity contribution in [3.8, 4) is 5.82 Å². The van der Waals surface area contributed by atoms with Crippen LogP contribution in [0.2, 0.25) is 5.02 Å². The van der Waals surface area contributed by atoms with Crippen molar-refractivity contribution in [2.45, 2.75) is 20.4 Å². The second kappa shape index (κ2) is 7.71. The molecule has 0 N–H and O–H groups in total. The van der Waals surface area contributed by atoms with Gasteiger partial charge in [0.05, 0.1) is 17.1 Å². The third-order valence-corrected chi connectivity index (χ3v) is 5.34. The maximum Gasteiger partial charge on any atom is 0.153 e. The van der Waals surface area contributed by atoms with Crippen LogP contribution in [0.4, 0.5) is 5.69 Å². The number of anilines is 1. The van der Waals surface area contributed by atoms with Crippen LogP contribution < -0.4 is 4.90 Å². The fourth-order valence-electron chi connectivity index (χ4n) is 3.82. The molecule has 27 heavy (non-hydrogen) atoms. The highest BCUT2D eigenvalue weighted by Crippen LogP contribution is 2.27. The van der Waals surface area contributed by atoms with E-state index in [1.165, 1.54) is 11.3 Å². The van der Waals surface area contributed by atoms with E-state index in [0.717, 1.165) is 55.0 Å². The summed E-state index contributed by atoms with van der Waals surface area (Å²) in [6.07, 6.45) is 1.81. The summed E-state index contributed by atoms with van der Waals surface area (Å²) in [5, 5.41) is 5.54. The lowest BCUT2D eigenvalue weighted by Gasteiger charge is -2.36. The van der Waals surface area contributed by atoms with E-state index >= 15 is 0 Å². The van der Waals surface area contributed by atoms with Gasteiger partial charge in [-0.3, -0.25) is 4.90 Å². The molecule has 1 aliphatic rings. The Kier molecular flexibility index (Phi) is 5.14. The number of hydrogen-bond donors (Lipinski definition) is 0. The molecule has 1 fully saturated rings. The van der Waals surface area contributed by atoms with Crippen molar-refractivity contribution in [2.75, 3.05) is 31.1 Å². The lowest BCUT2D eigenvalue weighted by molar-refractivity contribution is 0.249. The molecule has 6 heteroatoms. The first-order valence-corrected chi connectivity index (χ1v) is 9.69. The van der Waals surface area contributed by atoms with Crippen LogP contribution in [0.3, 0.4) is 0 Å². The second-order valence-corrected chi connectivity index (χ2v) is 7.45. The number of hydrogen-bond acceptors (Lipinski definition) is 4. The van der Waals surface area contributed by atoms with Crippen molar-refractivity contribution in [1.29, 1.82) is 0 Å². The zero-order chi connectivity index (χ0) is 18.8. The summed E-state index contributed by atoms with van der Waals surface area (Å²) in [6.45, 7) is 9.20. The molecule has 3 aromatic rings. The Balaban J connectivity index is 1.46. The Labute approximate surface area is 165 Å². The van der Waals surface area contributed by atoms with Gasteiger partial charge in [0.15, 0.2) is 5.82 Å². The van der Waals surface area contributed by atoms with Crippen molar-refractivity contribution in [3.05, 3.63) is 70.6 Å². The molecule has 140 valence electrons. The van der Waals surface area contributed by atoms with E-state index in [-0.39, 0.29) is 0 Å². The maximum atomic E-state index is 6.11. The molecule has 2 aromatic heterocycles. The zero-order valence-electron chi connectivity index (χ0n) is 15.8. The normalized spacial score (nSPS) is 15.3. The Hall–Kier alpha value is -2.37. The Morgan fingerprint density at radius 1 is 1.00 bits per heavy atom. The number of pyridine rings is 1. The predicted molar refractivity (Wildman–Crippen MR) is 110 cm³/mol. The number of rotatable bonds is 4. The number of piperazine rings is 1. The number of nitrogens with zero attached hydrogens (tertiary/aromatic N) is 5. The van der Waals surface area contributed by atoms with Gasteiger partial charge >= 0.3 is 0 Å². The summed E-state index contributed by atoms with van der Waals surface area (Å²) in [4.78, 5) is 9.37. The molecule has 0 aliphatic carbocycles. The smallest absolute Gasteiger partial charge is 0.153 e. The van der Waals surface area contributed by atoms with Crippen molar-refractivity contribution in [1.82, 2.24) is 19.7 Å². The van der Waals surface area contributed by atoms with Crippen LogP contribution in [0.15, 0.2) is 48.7 Å². The molecule has 1 aliphatic heterocycles. The van der Waals surface area contributed by atoms with Gasteiger partial charge in [-0.25, -0.2) is 9.67 Å². The molecular weight excluding hydrogens is 358 g/mol. The van der Waals surface area contributed by atoms with Crippen LogP contribution >= 0.6 is 11.6 Å². The molecule has 0 saturated carbocycles. The molecule has 0 radical (unpaired) electrons. The summed E-state index contributed by atoms with van der Waals surface area (Å²) in [5.41, 5.74) is 4.71. The highest BCUT2D eigenvalue weighted by Gasteiger charge is 2.23. The van der Waals surface area contributed by atoms with E-state index < -0.39 is 0 Å². The molecule has 0 unspecified atom stereocenters. The number of halogens is 1. The molecule has 0 bridgehead atoms. The topological polar surface area (TPSA) is 37.2 Å². The van der Waals surface area contributed by atoms with E-state index in [0.29, 0.717) is 0 Å². The Bertz CT molecular complexity index is 914. The molecule has 1 aromatic carbocycles. The van der Waals surface area contributed by atoms with Crippen LogP contribution in [0, 0.1) is 13.8 Å². The fraction of sp³-hybridized carbons (Fsp3) is 0.333. The summed E-state index contributed by atoms with van der Waals surface area (Å²) in [7, 11) is 0. The van der Waals surface area contributed by atoms with Crippen LogP contribution in [-0.4, -0.2) is 45.8 Å². The monoisotopic (exact) mass is 381 g/mol. The average molecular weight is 382 g/mol. The van der Waals surface area contributed by atoms with Gasteiger partial charge in [0.25, 0.3) is 0 Å². The molecular formula is C21H24ClN5. The summed E-state index contributed by atoms with van der Waals surface area (Å²) < 4.78 is 1.95. The molecule has 3 heterocycles. The van der Waals surface area contributed by atoms with E-state index in [1.807, 2.05) is 35.0 Å². The zero-order valence-corrected chi connectivity index (χ0v) is 16.5. The first kappa shape index (κ1) is 18.0. The van der Waals surface area contributed by atoms with Gasteiger partial charge in [0.2, 0.25) is 0 Å². The van der Waals surface area contributed by atoms with Crippen LogP contribution in [0.25, 0.3) is 5.82 Å². The second-order valence-electron chi connectivity index (χ2n) is 7.01. The SMILES string of the molecule is Cc1nn(-c2ccccn2)c(C)c1N1CCN(Cc2cccc(Cl)c2)CC1. The quantitative estimate of drug-likeness (QED) is 0.687. The minimum atomic E-state index is 0.805. The van der Waals surface area contributed by atoms with Gasteiger partial charge in [-0.2, -0.15) is 5.10 Å². The predicted octanol–water partition coefficient (Wildman–Crippen LogP) is 3.86. The number of aryl methyl sites for hydroxylation is 1. The lowest BCUT2D eigenvalue weighted by Crippen LogP contribution is -2.46. The summed E-state index contributed by atoms with van der Waals surface area (Å²) in [5.74, 6) is 0.865.